The van der Waals surface area contributed by atoms with Gasteiger partial charge in [-0.05, 0) is 42.9 Å². The number of hydrogen-bond acceptors (Lipinski definition) is 2. The number of nitrogens with zero attached hydrogens (tertiary/aromatic N) is 1. The quantitative estimate of drug-likeness (QED) is 0.887. The standard InChI is InChI=1S/C15H22N2O/c1-12-3-2-4-14(11-12)17-15(18)6-5-13-7-9-16-10-8-13/h7-10,12,14H,2-6,11H2,1H3,(H,17,18). The molecule has 0 aliphatic heterocycles. The molecule has 0 aromatic carbocycles. The van der Waals surface area contributed by atoms with Gasteiger partial charge in [-0.15, -0.1) is 0 Å². The maximum absolute atomic E-state index is 11.9. The Balaban J connectivity index is 1.72. The van der Waals surface area contributed by atoms with Crippen LogP contribution in [0.2, 0.25) is 0 Å². The minimum absolute atomic E-state index is 0.186. The number of aryl methyl sites for hydroxylation is 1. The van der Waals surface area contributed by atoms with Crippen LogP contribution in [0.1, 0.15) is 44.6 Å². The summed E-state index contributed by atoms with van der Waals surface area (Å²) in [7, 11) is 0. The van der Waals surface area contributed by atoms with Crippen molar-refractivity contribution in [3.05, 3.63) is 30.1 Å². The second-order valence-electron chi connectivity index (χ2n) is 5.39. The van der Waals surface area contributed by atoms with Gasteiger partial charge in [0.2, 0.25) is 5.91 Å². The molecule has 2 rings (SSSR count). The zero-order chi connectivity index (χ0) is 12.8. The van der Waals surface area contributed by atoms with Gasteiger partial charge >= 0.3 is 0 Å². The Bertz CT molecular complexity index is 377. The Morgan fingerprint density at radius 2 is 2.17 bits per heavy atom. The van der Waals surface area contributed by atoms with Gasteiger partial charge in [0.05, 0.1) is 0 Å². The SMILES string of the molecule is CC1CCCC(NC(=O)CCc2ccncc2)C1. The summed E-state index contributed by atoms with van der Waals surface area (Å²) in [5.74, 6) is 0.940. The van der Waals surface area contributed by atoms with Crippen LogP contribution < -0.4 is 5.32 Å². The Labute approximate surface area is 109 Å². The first kappa shape index (κ1) is 13.1. The van der Waals surface area contributed by atoms with Gasteiger partial charge in [0.15, 0.2) is 0 Å². The van der Waals surface area contributed by atoms with Gasteiger partial charge in [0, 0.05) is 24.9 Å². The van der Waals surface area contributed by atoms with Crippen LogP contribution in [0.4, 0.5) is 0 Å². The average molecular weight is 246 g/mol. The third-order valence-corrected chi connectivity index (χ3v) is 3.69. The van der Waals surface area contributed by atoms with Crippen molar-refractivity contribution in [2.45, 2.75) is 51.5 Å². The van der Waals surface area contributed by atoms with Crippen LogP contribution in [0.15, 0.2) is 24.5 Å². The molecule has 1 aliphatic carbocycles. The van der Waals surface area contributed by atoms with Crippen molar-refractivity contribution in [2.24, 2.45) is 5.92 Å². The number of amides is 1. The van der Waals surface area contributed by atoms with E-state index in [1.807, 2.05) is 12.1 Å². The van der Waals surface area contributed by atoms with Crippen LogP contribution in [-0.2, 0) is 11.2 Å². The molecule has 1 amide bonds. The highest BCUT2D eigenvalue weighted by Crippen LogP contribution is 2.23. The lowest BCUT2D eigenvalue weighted by Gasteiger charge is -2.27. The molecule has 1 heterocycles. The van der Waals surface area contributed by atoms with Gasteiger partial charge in [0.1, 0.15) is 0 Å². The summed E-state index contributed by atoms with van der Waals surface area (Å²) in [5, 5.41) is 3.16. The predicted octanol–water partition coefficient (Wildman–Crippen LogP) is 2.71. The van der Waals surface area contributed by atoms with Crippen molar-refractivity contribution in [2.75, 3.05) is 0 Å². The number of hydrogen-bond donors (Lipinski definition) is 1. The summed E-state index contributed by atoms with van der Waals surface area (Å²) in [6.45, 7) is 2.27. The molecule has 3 heteroatoms. The molecule has 1 aromatic rings. The molecule has 98 valence electrons. The number of rotatable bonds is 4. The van der Waals surface area contributed by atoms with E-state index in [0.717, 1.165) is 25.2 Å². The second kappa shape index (κ2) is 6.53. The van der Waals surface area contributed by atoms with Crippen LogP contribution in [0.5, 0.6) is 0 Å². The van der Waals surface area contributed by atoms with E-state index in [9.17, 15) is 4.79 Å². The number of nitrogens with one attached hydrogen (secondary N) is 1. The molecule has 0 saturated heterocycles. The van der Waals surface area contributed by atoms with Gasteiger partial charge in [-0.3, -0.25) is 9.78 Å². The highest BCUT2D eigenvalue weighted by atomic mass is 16.1. The maximum atomic E-state index is 11.9. The summed E-state index contributed by atoms with van der Waals surface area (Å²) in [6.07, 6.45) is 9.77. The van der Waals surface area contributed by atoms with Crippen LogP contribution in [-0.4, -0.2) is 16.9 Å². The van der Waals surface area contributed by atoms with Crippen molar-refractivity contribution >= 4 is 5.91 Å². The third kappa shape index (κ3) is 4.13. The molecular formula is C15H22N2O. The zero-order valence-electron chi connectivity index (χ0n) is 11.1. The van der Waals surface area contributed by atoms with Crippen molar-refractivity contribution < 1.29 is 4.79 Å². The van der Waals surface area contributed by atoms with E-state index in [0.29, 0.717) is 12.5 Å². The first-order chi connectivity index (χ1) is 8.74. The predicted molar refractivity (Wildman–Crippen MR) is 72.1 cm³/mol. The Hall–Kier alpha value is -1.38. The maximum Gasteiger partial charge on any atom is 0.220 e. The number of aromatic nitrogens is 1. The molecular weight excluding hydrogens is 224 g/mol. The molecule has 0 bridgehead atoms. The van der Waals surface area contributed by atoms with Crippen molar-refractivity contribution in [1.82, 2.24) is 10.3 Å². The summed E-state index contributed by atoms with van der Waals surface area (Å²) in [4.78, 5) is 15.8. The van der Waals surface area contributed by atoms with E-state index in [4.69, 9.17) is 0 Å². The van der Waals surface area contributed by atoms with E-state index < -0.39 is 0 Å². The molecule has 1 N–H and O–H groups in total. The zero-order valence-corrected chi connectivity index (χ0v) is 11.1. The second-order valence-corrected chi connectivity index (χ2v) is 5.39. The fourth-order valence-corrected chi connectivity index (χ4v) is 2.67. The lowest BCUT2D eigenvalue weighted by molar-refractivity contribution is -0.122. The van der Waals surface area contributed by atoms with Gasteiger partial charge < -0.3 is 5.32 Å². The van der Waals surface area contributed by atoms with E-state index in [1.165, 1.54) is 18.4 Å². The third-order valence-electron chi connectivity index (χ3n) is 3.69. The smallest absolute Gasteiger partial charge is 0.220 e. The monoisotopic (exact) mass is 246 g/mol. The van der Waals surface area contributed by atoms with Crippen LogP contribution in [0.3, 0.4) is 0 Å². The lowest BCUT2D eigenvalue weighted by Crippen LogP contribution is -2.38. The minimum atomic E-state index is 0.186. The summed E-state index contributed by atoms with van der Waals surface area (Å²) >= 11 is 0. The van der Waals surface area contributed by atoms with Crippen molar-refractivity contribution in [1.29, 1.82) is 0 Å². The molecule has 2 unspecified atom stereocenters. The Kier molecular flexibility index (Phi) is 4.73. The number of pyridine rings is 1. The molecule has 0 spiro atoms. The van der Waals surface area contributed by atoms with Crippen LogP contribution >= 0.6 is 0 Å². The molecule has 3 nitrogen and oxygen atoms in total. The van der Waals surface area contributed by atoms with Gasteiger partial charge in [-0.2, -0.15) is 0 Å². The van der Waals surface area contributed by atoms with E-state index in [2.05, 4.69) is 17.2 Å². The first-order valence-electron chi connectivity index (χ1n) is 6.92. The Morgan fingerprint density at radius 1 is 1.39 bits per heavy atom. The first-order valence-corrected chi connectivity index (χ1v) is 6.92. The fourth-order valence-electron chi connectivity index (χ4n) is 2.67. The summed E-state index contributed by atoms with van der Waals surface area (Å²) < 4.78 is 0. The fraction of sp³-hybridized carbons (Fsp3) is 0.600. The molecule has 1 aromatic heterocycles. The van der Waals surface area contributed by atoms with Gasteiger partial charge in [-0.25, -0.2) is 0 Å². The van der Waals surface area contributed by atoms with E-state index in [1.54, 1.807) is 12.4 Å². The van der Waals surface area contributed by atoms with Crippen molar-refractivity contribution in [3.8, 4) is 0 Å². The molecule has 1 saturated carbocycles. The van der Waals surface area contributed by atoms with Crippen LogP contribution in [0.25, 0.3) is 0 Å². The largest absolute Gasteiger partial charge is 0.353 e. The summed E-state index contributed by atoms with van der Waals surface area (Å²) in [5.41, 5.74) is 1.18. The molecule has 18 heavy (non-hydrogen) atoms. The molecule has 1 aliphatic rings. The Morgan fingerprint density at radius 3 is 2.89 bits per heavy atom. The van der Waals surface area contributed by atoms with Crippen LogP contribution in [0, 0.1) is 5.92 Å². The molecule has 0 radical (unpaired) electrons. The highest BCUT2D eigenvalue weighted by molar-refractivity contribution is 5.76. The van der Waals surface area contributed by atoms with Gasteiger partial charge in [-0.1, -0.05) is 19.8 Å². The molecule has 2 atom stereocenters. The van der Waals surface area contributed by atoms with E-state index in [-0.39, 0.29) is 5.91 Å². The highest BCUT2D eigenvalue weighted by Gasteiger charge is 2.19. The number of carbonyl (C=O) groups excluding carboxylic acids is 1. The number of carbonyl (C=O) groups is 1. The molecule has 1 fully saturated rings. The lowest BCUT2D eigenvalue weighted by atomic mass is 9.87. The van der Waals surface area contributed by atoms with E-state index >= 15 is 0 Å². The minimum Gasteiger partial charge on any atom is -0.353 e. The summed E-state index contributed by atoms with van der Waals surface area (Å²) in [6, 6.07) is 4.34. The normalized spacial score (nSPS) is 23.6. The van der Waals surface area contributed by atoms with Crippen molar-refractivity contribution in [3.63, 3.8) is 0 Å². The topological polar surface area (TPSA) is 42.0 Å². The average Bonchev–Trinajstić information content (AvgIpc) is 2.38. The van der Waals surface area contributed by atoms with Gasteiger partial charge in [0.25, 0.3) is 0 Å².